The summed E-state index contributed by atoms with van der Waals surface area (Å²) in [6.45, 7) is 2.73. The first kappa shape index (κ1) is 24.0. The highest BCUT2D eigenvalue weighted by atomic mass is 16.6. The Morgan fingerprint density at radius 3 is 2.52 bits per heavy atom. The van der Waals surface area contributed by atoms with E-state index >= 15 is 0 Å². The van der Waals surface area contributed by atoms with Gasteiger partial charge in [-0.3, -0.25) is 4.79 Å². The van der Waals surface area contributed by atoms with Crippen molar-refractivity contribution in [2.45, 2.75) is 26.2 Å². The fourth-order valence-electron chi connectivity index (χ4n) is 3.17. The van der Waals surface area contributed by atoms with Crippen molar-refractivity contribution in [3.8, 4) is 11.5 Å². The lowest BCUT2D eigenvalue weighted by Gasteiger charge is -2.08. The number of nitrogens with one attached hydrogen (secondary N) is 1. The van der Waals surface area contributed by atoms with Crippen molar-refractivity contribution in [3.05, 3.63) is 70.1 Å². The van der Waals surface area contributed by atoms with Crippen molar-refractivity contribution >= 4 is 22.8 Å². The first-order valence-electron chi connectivity index (χ1n) is 10.8. The summed E-state index contributed by atoms with van der Waals surface area (Å²) >= 11 is 0. The molecule has 0 fully saturated rings. The maximum absolute atomic E-state index is 12.2. The van der Waals surface area contributed by atoms with Crippen LogP contribution in [-0.4, -0.2) is 38.7 Å². The summed E-state index contributed by atoms with van der Waals surface area (Å²) in [5.41, 5.74) is 0.540. The molecular formula is C25H27NO7. The average Bonchev–Trinajstić information content (AvgIpc) is 2.81. The quantitative estimate of drug-likeness (QED) is 0.205. The van der Waals surface area contributed by atoms with E-state index in [1.165, 1.54) is 17.7 Å². The number of fused-ring (bicyclic) bond motifs is 1. The Labute approximate surface area is 191 Å². The van der Waals surface area contributed by atoms with Gasteiger partial charge in [0.1, 0.15) is 22.6 Å². The summed E-state index contributed by atoms with van der Waals surface area (Å²) in [6.07, 6.45) is 2.67. The van der Waals surface area contributed by atoms with Crippen molar-refractivity contribution in [3.63, 3.8) is 0 Å². The number of esters is 1. The lowest BCUT2D eigenvalue weighted by atomic mass is 10.1. The number of carbonyl (C=O) groups excluding carboxylic acids is 2. The van der Waals surface area contributed by atoms with E-state index in [4.69, 9.17) is 18.6 Å². The van der Waals surface area contributed by atoms with Crippen LogP contribution in [-0.2, 0) is 16.0 Å². The lowest BCUT2D eigenvalue weighted by Crippen LogP contribution is -2.29. The summed E-state index contributed by atoms with van der Waals surface area (Å²) in [5.74, 6) is -0.336. The topological polar surface area (TPSA) is 104 Å². The van der Waals surface area contributed by atoms with Crippen molar-refractivity contribution in [1.29, 1.82) is 0 Å². The first-order valence-corrected chi connectivity index (χ1v) is 10.8. The number of carbonyl (C=O) groups is 2. The third kappa shape index (κ3) is 6.92. The standard InChI is InChI=1S/C25H27NO7/c1-3-5-17-6-9-19(10-7-17)31-16-23(27)32-20-11-8-18-14-21(25(29)33-22(18)15-20)24(28)26-12-4-13-30-2/h6-11,14-15H,3-5,12-13,16H2,1-2H3,(H,26,28). The van der Waals surface area contributed by atoms with Gasteiger partial charge in [-0.2, -0.15) is 0 Å². The van der Waals surface area contributed by atoms with Crippen LogP contribution in [0.4, 0.5) is 0 Å². The van der Waals surface area contributed by atoms with Crippen LogP contribution >= 0.6 is 0 Å². The number of ether oxygens (including phenoxy) is 3. The van der Waals surface area contributed by atoms with Gasteiger partial charge in [-0.15, -0.1) is 0 Å². The number of benzene rings is 2. The van der Waals surface area contributed by atoms with E-state index in [-0.39, 0.29) is 23.5 Å². The Hall–Kier alpha value is -3.65. The normalized spacial score (nSPS) is 10.7. The molecule has 0 aliphatic rings. The highest BCUT2D eigenvalue weighted by Gasteiger charge is 2.14. The van der Waals surface area contributed by atoms with Gasteiger partial charge in [0.15, 0.2) is 6.61 Å². The number of amides is 1. The Bertz CT molecular complexity index is 1150. The van der Waals surface area contributed by atoms with Crippen molar-refractivity contribution in [2.75, 3.05) is 26.9 Å². The summed E-state index contributed by atoms with van der Waals surface area (Å²) in [4.78, 5) is 36.6. The van der Waals surface area contributed by atoms with Crippen LogP contribution in [0.5, 0.6) is 11.5 Å². The number of methoxy groups -OCH3 is 1. The van der Waals surface area contributed by atoms with Gasteiger partial charge in [0.05, 0.1) is 0 Å². The molecule has 0 bridgehead atoms. The molecule has 8 heteroatoms. The predicted molar refractivity (Wildman–Crippen MR) is 123 cm³/mol. The summed E-state index contributed by atoms with van der Waals surface area (Å²) in [6, 6.07) is 13.6. The van der Waals surface area contributed by atoms with Crippen LogP contribution in [0.3, 0.4) is 0 Å². The first-order chi connectivity index (χ1) is 16.0. The highest BCUT2D eigenvalue weighted by Crippen LogP contribution is 2.21. The summed E-state index contributed by atoms with van der Waals surface area (Å²) < 4.78 is 20.9. The zero-order valence-electron chi connectivity index (χ0n) is 18.7. The smallest absolute Gasteiger partial charge is 0.349 e. The minimum Gasteiger partial charge on any atom is -0.482 e. The second-order valence-corrected chi connectivity index (χ2v) is 7.41. The molecule has 0 saturated heterocycles. The molecular weight excluding hydrogens is 426 g/mol. The van der Waals surface area contributed by atoms with E-state index in [0.29, 0.717) is 30.7 Å². The molecule has 3 rings (SSSR count). The average molecular weight is 453 g/mol. The Morgan fingerprint density at radius 1 is 1.03 bits per heavy atom. The van der Waals surface area contributed by atoms with Crippen molar-refractivity contribution < 1.29 is 28.2 Å². The molecule has 2 aromatic carbocycles. The maximum atomic E-state index is 12.2. The largest absolute Gasteiger partial charge is 0.482 e. The Balaban J connectivity index is 1.60. The molecule has 0 radical (unpaired) electrons. The molecule has 1 amide bonds. The van der Waals surface area contributed by atoms with Gasteiger partial charge >= 0.3 is 11.6 Å². The molecule has 8 nitrogen and oxygen atoms in total. The zero-order chi connectivity index (χ0) is 23.6. The van der Waals surface area contributed by atoms with E-state index in [1.54, 1.807) is 19.2 Å². The number of aryl methyl sites for hydroxylation is 1. The molecule has 0 aliphatic heterocycles. The van der Waals surface area contributed by atoms with Crippen LogP contribution in [0.2, 0.25) is 0 Å². The van der Waals surface area contributed by atoms with Gasteiger partial charge in [-0.1, -0.05) is 25.5 Å². The molecule has 1 N–H and O–H groups in total. The van der Waals surface area contributed by atoms with Gasteiger partial charge in [0.25, 0.3) is 5.91 Å². The molecule has 3 aromatic rings. The lowest BCUT2D eigenvalue weighted by molar-refractivity contribution is -0.136. The van der Waals surface area contributed by atoms with Crippen LogP contribution in [0.25, 0.3) is 11.0 Å². The fraction of sp³-hybridized carbons (Fsp3) is 0.320. The number of hydrogen-bond acceptors (Lipinski definition) is 7. The maximum Gasteiger partial charge on any atom is 0.349 e. The molecule has 33 heavy (non-hydrogen) atoms. The van der Waals surface area contributed by atoms with Gasteiger partial charge in [0, 0.05) is 31.7 Å². The molecule has 1 aromatic heterocycles. The van der Waals surface area contributed by atoms with Crippen LogP contribution in [0, 0.1) is 0 Å². The Kier molecular flexibility index (Phi) is 8.60. The SMILES string of the molecule is CCCc1ccc(OCC(=O)Oc2ccc3cc(C(=O)NCCCOC)c(=O)oc3c2)cc1. The second-order valence-electron chi connectivity index (χ2n) is 7.41. The van der Waals surface area contributed by atoms with Crippen molar-refractivity contribution in [1.82, 2.24) is 5.32 Å². The van der Waals surface area contributed by atoms with E-state index < -0.39 is 17.5 Å². The van der Waals surface area contributed by atoms with E-state index in [1.807, 2.05) is 24.3 Å². The van der Waals surface area contributed by atoms with Gasteiger partial charge in [-0.25, -0.2) is 9.59 Å². The van der Waals surface area contributed by atoms with Crippen LogP contribution in [0.15, 0.2) is 57.7 Å². The minimum atomic E-state index is -0.773. The van der Waals surface area contributed by atoms with Gasteiger partial charge in [0.2, 0.25) is 0 Å². The Morgan fingerprint density at radius 2 is 1.79 bits per heavy atom. The number of rotatable bonds is 11. The van der Waals surface area contributed by atoms with E-state index in [0.717, 1.165) is 12.8 Å². The highest BCUT2D eigenvalue weighted by molar-refractivity contribution is 5.96. The monoisotopic (exact) mass is 453 g/mol. The molecule has 0 saturated carbocycles. The van der Waals surface area contributed by atoms with Gasteiger partial charge < -0.3 is 23.9 Å². The van der Waals surface area contributed by atoms with Crippen LogP contribution in [0.1, 0.15) is 35.7 Å². The number of hydrogen-bond donors (Lipinski definition) is 1. The molecule has 0 aliphatic carbocycles. The molecule has 1 heterocycles. The summed E-state index contributed by atoms with van der Waals surface area (Å²) in [7, 11) is 1.57. The van der Waals surface area contributed by atoms with Crippen molar-refractivity contribution in [2.24, 2.45) is 0 Å². The molecule has 0 atom stereocenters. The predicted octanol–water partition coefficient (Wildman–Crippen LogP) is 3.50. The zero-order valence-corrected chi connectivity index (χ0v) is 18.7. The summed E-state index contributed by atoms with van der Waals surface area (Å²) in [5, 5.41) is 3.18. The molecule has 0 unspecified atom stereocenters. The third-order valence-electron chi connectivity index (χ3n) is 4.81. The van der Waals surface area contributed by atoms with E-state index in [9.17, 15) is 14.4 Å². The second kappa shape index (κ2) is 11.8. The third-order valence-corrected chi connectivity index (χ3v) is 4.81. The fourth-order valence-corrected chi connectivity index (χ4v) is 3.17. The molecule has 174 valence electrons. The van der Waals surface area contributed by atoms with E-state index in [2.05, 4.69) is 12.2 Å². The minimum absolute atomic E-state index is 0.0944. The van der Waals surface area contributed by atoms with Crippen LogP contribution < -0.4 is 20.4 Å². The van der Waals surface area contributed by atoms with Gasteiger partial charge in [-0.05, 0) is 48.7 Å². The molecule has 0 spiro atoms.